The maximum atomic E-state index is 10.6. The topological polar surface area (TPSA) is 110 Å². The van der Waals surface area contributed by atoms with Crippen LogP contribution in [0.15, 0.2) is 11.5 Å². The van der Waals surface area contributed by atoms with Crippen molar-refractivity contribution in [2.24, 2.45) is 0 Å². The number of hydrogen-bond donors (Lipinski definition) is 3. The van der Waals surface area contributed by atoms with E-state index < -0.39 is 36.3 Å². The third kappa shape index (κ3) is 5.64. The fraction of sp³-hybridized carbons (Fsp3) is 0.500. The van der Waals surface area contributed by atoms with Crippen molar-refractivity contribution < 1.29 is 145 Å². The first-order valence-corrected chi connectivity index (χ1v) is 3.18. The number of carbonyl (C=O) groups excluding carboxylic acids is 1. The summed E-state index contributed by atoms with van der Waals surface area (Å²) in [7, 11) is 0. The van der Waals surface area contributed by atoms with Crippen molar-refractivity contribution in [2.75, 3.05) is 6.61 Å². The zero-order valence-corrected chi connectivity index (χ0v) is 15.3. The van der Waals surface area contributed by atoms with E-state index in [0.717, 1.165) is 0 Å². The molecule has 0 spiro atoms. The summed E-state index contributed by atoms with van der Waals surface area (Å²) >= 11 is 0. The van der Waals surface area contributed by atoms with Crippen molar-refractivity contribution in [3.63, 3.8) is 0 Å². The fourth-order valence-electron chi connectivity index (χ4n) is 0.815. The zero-order valence-electron chi connectivity index (χ0n) is 8.31. The molecule has 0 aromatic carbocycles. The Kier molecular flexibility index (Phi) is 15.3. The normalized spacial score (nSPS) is 20.7. The van der Waals surface area contributed by atoms with Crippen LogP contribution in [0.3, 0.4) is 0 Å². The Morgan fingerprint density at radius 2 is 1.93 bits per heavy atom. The summed E-state index contributed by atoms with van der Waals surface area (Å²) in [6.07, 6.45) is -2.88. The first kappa shape index (κ1) is 22.5. The van der Waals surface area contributed by atoms with Crippen LogP contribution in [0.4, 0.5) is 0 Å². The minimum absolute atomic E-state index is 0. The van der Waals surface area contributed by atoms with Gasteiger partial charge in [0.2, 0.25) is 0 Å². The first-order chi connectivity index (χ1) is 5.57. The van der Waals surface area contributed by atoms with Crippen LogP contribution in [0.2, 0.25) is 0 Å². The molecule has 0 aromatic heterocycles. The minimum Gasteiger partial charge on any atom is -1.00 e. The summed E-state index contributed by atoms with van der Waals surface area (Å²) in [6, 6.07) is 0. The molecule has 1 aliphatic rings. The predicted octanol–water partition coefficient (Wildman–Crippen LogP) is -11.6. The number of esters is 1. The smallest absolute Gasteiger partial charge is 1.00 e. The van der Waals surface area contributed by atoms with E-state index >= 15 is 0 Å². The molecule has 0 fully saturated rings. The molecule has 0 aliphatic carbocycles. The van der Waals surface area contributed by atoms with Crippen LogP contribution in [0.5, 0.6) is 0 Å². The molecule has 0 saturated carbocycles. The van der Waals surface area contributed by atoms with Gasteiger partial charge in [-0.2, -0.15) is 0 Å². The van der Waals surface area contributed by atoms with Crippen LogP contribution in [0.1, 0.15) is 0 Å². The van der Waals surface area contributed by atoms with Gasteiger partial charge < -0.3 is 37.6 Å². The molecule has 15 heavy (non-hydrogen) atoms. The van der Waals surface area contributed by atoms with Gasteiger partial charge in [-0.15, -0.1) is 0 Å². The molecule has 9 heteroatoms. The molecule has 0 unspecified atom stereocenters. The van der Waals surface area contributed by atoms with E-state index in [1.54, 1.807) is 0 Å². The molecule has 0 amide bonds. The maximum absolute atomic E-state index is 10.6. The van der Waals surface area contributed by atoms with Gasteiger partial charge in [0, 0.05) is 5.76 Å². The number of carbonyl (C=O) groups is 1. The first-order valence-electron chi connectivity index (χ1n) is 3.18. The van der Waals surface area contributed by atoms with Gasteiger partial charge in [-0.05, 0) is 0 Å². The molecule has 0 bridgehead atoms. The maximum Gasteiger partial charge on any atom is 1.00 e. The van der Waals surface area contributed by atoms with Gasteiger partial charge in [-0.1, -0.05) is 0 Å². The second kappa shape index (κ2) is 10.2. The van der Waals surface area contributed by atoms with E-state index in [9.17, 15) is 9.90 Å². The van der Waals surface area contributed by atoms with E-state index in [1.807, 2.05) is 0 Å². The van der Waals surface area contributed by atoms with Crippen molar-refractivity contribution in [1.82, 2.24) is 0 Å². The minimum atomic E-state index is -1.46. The van der Waals surface area contributed by atoms with Crippen LogP contribution in [0.25, 0.3) is 0 Å². The van der Waals surface area contributed by atoms with Crippen molar-refractivity contribution >= 4 is 5.97 Å². The van der Waals surface area contributed by atoms with Gasteiger partial charge in [0.15, 0.2) is 6.10 Å². The van der Waals surface area contributed by atoms with E-state index in [4.69, 9.17) is 15.3 Å². The van der Waals surface area contributed by atoms with Gasteiger partial charge in [0.25, 0.3) is 0 Å². The SMILES string of the molecule is O=C1O[C@H]([C@@H](O)CO)C(O)=C1[O-].[Cl-].[K+].[K+]. The number of cyclic esters (lactones) is 1. The van der Waals surface area contributed by atoms with E-state index in [0.29, 0.717) is 0 Å². The summed E-state index contributed by atoms with van der Waals surface area (Å²) in [4.78, 5) is 10.5. The molecule has 0 radical (unpaired) electrons. The molecular formula is C6H7ClK2O6. The Morgan fingerprint density at radius 1 is 1.47 bits per heavy atom. The molecule has 0 aromatic rings. The summed E-state index contributed by atoms with van der Waals surface area (Å²) < 4.78 is 4.25. The van der Waals surface area contributed by atoms with Crippen molar-refractivity contribution in [3.05, 3.63) is 11.5 Å². The average molecular weight is 289 g/mol. The molecule has 1 heterocycles. The van der Waals surface area contributed by atoms with Gasteiger partial charge in [0.05, 0.1) is 6.61 Å². The molecular weight excluding hydrogens is 282 g/mol. The largest absolute Gasteiger partial charge is 1.00 e. The number of rotatable bonds is 2. The third-order valence-corrected chi connectivity index (χ3v) is 1.46. The monoisotopic (exact) mass is 288 g/mol. The predicted molar refractivity (Wildman–Crippen MR) is 32.6 cm³/mol. The van der Waals surface area contributed by atoms with Gasteiger partial charge in [-0.25, -0.2) is 4.79 Å². The Hall–Kier alpha value is 2.29. The second-order valence-electron chi connectivity index (χ2n) is 2.29. The molecule has 1 rings (SSSR count). The number of halogens is 1. The summed E-state index contributed by atoms with van der Waals surface area (Å²) in [5.74, 6) is -3.25. The van der Waals surface area contributed by atoms with E-state index in [1.165, 1.54) is 0 Å². The van der Waals surface area contributed by atoms with Crippen LogP contribution < -0.4 is 120 Å². The molecule has 3 N–H and O–H groups in total. The zero-order chi connectivity index (χ0) is 9.30. The second-order valence-corrected chi connectivity index (χ2v) is 2.29. The van der Waals surface area contributed by atoms with Crippen molar-refractivity contribution in [2.45, 2.75) is 12.2 Å². The van der Waals surface area contributed by atoms with Crippen LogP contribution in [0, 0.1) is 0 Å². The summed E-state index contributed by atoms with van der Waals surface area (Å²) in [6.45, 7) is -0.699. The van der Waals surface area contributed by atoms with Gasteiger partial charge in [-0.3, -0.25) is 0 Å². The molecule has 6 nitrogen and oxygen atoms in total. The Labute approximate surface area is 177 Å². The standard InChI is InChI=1S/C6H8O6.ClH.2K/c7-1-2(8)5-3(9)4(10)6(11)12-5;;;/h2,5,7-10H,1H2;1H;;/q;;2*+1/p-2/t2-,5+;;;/m0.../s1. The Morgan fingerprint density at radius 3 is 2.20 bits per heavy atom. The van der Waals surface area contributed by atoms with Crippen LogP contribution >= 0.6 is 0 Å². The van der Waals surface area contributed by atoms with E-state index in [-0.39, 0.29) is 115 Å². The van der Waals surface area contributed by atoms with Crippen molar-refractivity contribution in [1.29, 1.82) is 0 Å². The molecule has 76 valence electrons. The Balaban J connectivity index is -0.000000480. The molecule has 0 saturated heterocycles. The third-order valence-electron chi connectivity index (χ3n) is 1.46. The Bertz CT molecular complexity index is 246. The summed E-state index contributed by atoms with van der Waals surface area (Å²) in [5, 5.41) is 36.8. The van der Waals surface area contributed by atoms with E-state index in [2.05, 4.69) is 4.74 Å². The number of aliphatic hydroxyl groups excluding tert-OH is 3. The van der Waals surface area contributed by atoms with Crippen molar-refractivity contribution in [3.8, 4) is 0 Å². The quantitative estimate of drug-likeness (QED) is 0.344. The fourth-order valence-corrected chi connectivity index (χ4v) is 0.815. The molecule has 2 atom stereocenters. The molecule has 1 aliphatic heterocycles. The average Bonchev–Trinajstić information content (AvgIpc) is 2.32. The number of aliphatic hydroxyl groups is 3. The summed E-state index contributed by atoms with van der Waals surface area (Å²) in [5.41, 5.74) is 0. The van der Waals surface area contributed by atoms with Crippen LogP contribution in [-0.2, 0) is 9.53 Å². The number of hydrogen-bond acceptors (Lipinski definition) is 6. The van der Waals surface area contributed by atoms with Crippen LogP contribution in [-0.4, -0.2) is 40.1 Å². The number of ether oxygens (including phenoxy) is 1. The van der Waals surface area contributed by atoms with Gasteiger partial charge >= 0.3 is 109 Å². The van der Waals surface area contributed by atoms with Gasteiger partial charge in [0.1, 0.15) is 11.9 Å².